The van der Waals surface area contributed by atoms with Gasteiger partial charge in [-0.15, -0.1) is 0 Å². The Morgan fingerprint density at radius 1 is 1.44 bits per heavy atom. The summed E-state index contributed by atoms with van der Waals surface area (Å²) in [7, 11) is 0. The third-order valence-electron chi connectivity index (χ3n) is 2.68. The molecule has 0 radical (unpaired) electrons. The van der Waals surface area contributed by atoms with Gasteiger partial charge in [0.1, 0.15) is 0 Å². The fourth-order valence-corrected chi connectivity index (χ4v) is 1.64. The van der Waals surface area contributed by atoms with E-state index in [1.54, 1.807) is 10.9 Å². The zero-order valence-electron chi connectivity index (χ0n) is 10.1. The molecule has 2 rings (SSSR count). The molecule has 1 aromatic heterocycles. The molecule has 0 bridgehead atoms. The van der Waals surface area contributed by atoms with Crippen LogP contribution in [-0.2, 0) is 4.79 Å². The van der Waals surface area contributed by atoms with E-state index in [4.69, 9.17) is 5.11 Å². The largest absolute Gasteiger partial charge is 0.480 e. The van der Waals surface area contributed by atoms with Crippen LogP contribution in [0.2, 0.25) is 0 Å². The maximum Gasteiger partial charge on any atom is 0.317 e. The van der Waals surface area contributed by atoms with Crippen molar-refractivity contribution in [3.8, 4) is 5.69 Å². The zero-order valence-corrected chi connectivity index (χ0v) is 10.1. The lowest BCUT2D eigenvalue weighted by atomic mass is 10.2. The number of aliphatic carboxylic acids is 1. The van der Waals surface area contributed by atoms with Gasteiger partial charge in [-0.2, -0.15) is 5.10 Å². The summed E-state index contributed by atoms with van der Waals surface area (Å²) in [5, 5.41) is 15.8. The van der Waals surface area contributed by atoms with E-state index >= 15 is 0 Å². The van der Waals surface area contributed by atoms with Gasteiger partial charge in [-0.05, 0) is 19.1 Å². The SMILES string of the molecule is CC(NCC(=O)O)c1cnn(-c2ccccc2)c1. The summed E-state index contributed by atoms with van der Waals surface area (Å²) in [5.41, 5.74) is 1.94. The molecule has 2 aromatic rings. The van der Waals surface area contributed by atoms with Crippen molar-refractivity contribution >= 4 is 5.97 Å². The molecular weight excluding hydrogens is 230 g/mol. The number of carbonyl (C=O) groups is 1. The second-order valence-electron chi connectivity index (χ2n) is 4.05. The Bertz CT molecular complexity index is 522. The topological polar surface area (TPSA) is 67.2 Å². The lowest BCUT2D eigenvalue weighted by Crippen LogP contribution is -2.25. The van der Waals surface area contributed by atoms with E-state index in [2.05, 4.69) is 10.4 Å². The third kappa shape index (κ3) is 2.95. The van der Waals surface area contributed by atoms with Crippen LogP contribution in [0.25, 0.3) is 5.69 Å². The Morgan fingerprint density at radius 2 is 2.17 bits per heavy atom. The first kappa shape index (κ1) is 12.3. The van der Waals surface area contributed by atoms with Crippen LogP contribution in [0.1, 0.15) is 18.5 Å². The van der Waals surface area contributed by atoms with Crippen molar-refractivity contribution in [1.29, 1.82) is 0 Å². The molecule has 0 saturated heterocycles. The van der Waals surface area contributed by atoms with Crippen molar-refractivity contribution in [2.45, 2.75) is 13.0 Å². The smallest absolute Gasteiger partial charge is 0.317 e. The van der Waals surface area contributed by atoms with Crippen molar-refractivity contribution < 1.29 is 9.90 Å². The monoisotopic (exact) mass is 245 g/mol. The van der Waals surface area contributed by atoms with Crippen LogP contribution in [0.5, 0.6) is 0 Å². The molecule has 0 saturated carbocycles. The molecule has 0 spiro atoms. The van der Waals surface area contributed by atoms with Gasteiger partial charge in [-0.1, -0.05) is 18.2 Å². The summed E-state index contributed by atoms with van der Waals surface area (Å²) in [4.78, 5) is 10.5. The van der Waals surface area contributed by atoms with Gasteiger partial charge in [-0.25, -0.2) is 4.68 Å². The fourth-order valence-electron chi connectivity index (χ4n) is 1.64. The minimum atomic E-state index is -0.864. The molecule has 2 N–H and O–H groups in total. The second-order valence-corrected chi connectivity index (χ2v) is 4.05. The average Bonchev–Trinajstić information content (AvgIpc) is 2.86. The number of benzene rings is 1. The fraction of sp³-hybridized carbons (Fsp3) is 0.231. The Balaban J connectivity index is 2.08. The maximum absolute atomic E-state index is 10.5. The van der Waals surface area contributed by atoms with Crippen LogP contribution >= 0.6 is 0 Å². The molecule has 1 aromatic carbocycles. The highest BCUT2D eigenvalue weighted by Gasteiger charge is 2.09. The van der Waals surface area contributed by atoms with Crippen LogP contribution in [0.3, 0.4) is 0 Å². The van der Waals surface area contributed by atoms with Gasteiger partial charge in [0, 0.05) is 17.8 Å². The summed E-state index contributed by atoms with van der Waals surface area (Å²) in [6.07, 6.45) is 3.64. The number of nitrogens with zero attached hydrogens (tertiary/aromatic N) is 2. The van der Waals surface area contributed by atoms with E-state index in [0.717, 1.165) is 11.3 Å². The van der Waals surface area contributed by atoms with Gasteiger partial charge in [0.05, 0.1) is 18.4 Å². The minimum Gasteiger partial charge on any atom is -0.480 e. The molecule has 5 heteroatoms. The Kier molecular flexibility index (Phi) is 3.74. The number of hydrogen-bond donors (Lipinski definition) is 2. The Labute approximate surface area is 105 Å². The lowest BCUT2D eigenvalue weighted by molar-refractivity contribution is -0.136. The molecular formula is C13H15N3O2. The van der Waals surface area contributed by atoms with Gasteiger partial charge in [0.2, 0.25) is 0 Å². The quantitative estimate of drug-likeness (QED) is 0.839. The van der Waals surface area contributed by atoms with E-state index in [0.29, 0.717) is 0 Å². The summed E-state index contributed by atoms with van der Waals surface area (Å²) in [5.74, 6) is -0.864. The number of carboxylic acid groups (broad SMARTS) is 1. The van der Waals surface area contributed by atoms with Crippen LogP contribution in [0.15, 0.2) is 42.7 Å². The second kappa shape index (κ2) is 5.46. The molecule has 94 valence electrons. The van der Waals surface area contributed by atoms with Crippen LogP contribution in [0, 0.1) is 0 Å². The summed E-state index contributed by atoms with van der Waals surface area (Å²) in [6, 6.07) is 9.73. The number of aromatic nitrogens is 2. The molecule has 18 heavy (non-hydrogen) atoms. The first-order valence-corrected chi connectivity index (χ1v) is 5.72. The number of rotatable bonds is 5. The van der Waals surface area contributed by atoms with Crippen molar-refractivity contribution in [3.63, 3.8) is 0 Å². The van der Waals surface area contributed by atoms with E-state index in [-0.39, 0.29) is 12.6 Å². The third-order valence-corrected chi connectivity index (χ3v) is 2.68. The van der Waals surface area contributed by atoms with Crippen LogP contribution in [-0.4, -0.2) is 27.4 Å². The number of para-hydroxylation sites is 1. The number of nitrogens with one attached hydrogen (secondary N) is 1. The molecule has 0 aliphatic rings. The molecule has 0 amide bonds. The molecule has 0 fully saturated rings. The van der Waals surface area contributed by atoms with Gasteiger partial charge in [0.25, 0.3) is 0 Å². The highest BCUT2D eigenvalue weighted by Crippen LogP contribution is 2.13. The van der Waals surface area contributed by atoms with E-state index in [1.807, 2.05) is 43.5 Å². The molecule has 0 aliphatic carbocycles. The van der Waals surface area contributed by atoms with E-state index in [1.165, 1.54) is 0 Å². The van der Waals surface area contributed by atoms with Crippen LogP contribution < -0.4 is 5.32 Å². The van der Waals surface area contributed by atoms with Crippen molar-refractivity contribution in [2.75, 3.05) is 6.54 Å². The molecule has 1 atom stereocenters. The predicted octanol–water partition coefficient (Wildman–Crippen LogP) is 1.61. The average molecular weight is 245 g/mol. The lowest BCUT2D eigenvalue weighted by Gasteiger charge is -2.09. The van der Waals surface area contributed by atoms with Gasteiger partial charge in [0.15, 0.2) is 0 Å². The first-order valence-electron chi connectivity index (χ1n) is 5.72. The van der Waals surface area contributed by atoms with Crippen LogP contribution in [0.4, 0.5) is 0 Å². The Hall–Kier alpha value is -2.14. The molecule has 1 heterocycles. The molecule has 5 nitrogen and oxygen atoms in total. The van der Waals surface area contributed by atoms with Gasteiger partial charge < -0.3 is 10.4 Å². The standard InChI is InChI=1S/C13H15N3O2/c1-10(14-8-13(17)18)11-7-15-16(9-11)12-5-3-2-4-6-12/h2-7,9-10,14H,8H2,1H3,(H,17,18). The summed E-state index contributed by atoms with van der Waals surface area (Å²) in [6.45, 7) is 1.85. The summed E-state index contributed by atoms with van der Waals surface area (Å²) < 4.78 is 1.77. The van der Waals surface area contributed by atoms with Crippen molar-refractivity contribution in [1.82, 2.24) is 15.1 Å². The van der Waals surface area contributed by atoms with Gasteiger partial charge in [-0.3, -0.25) is 4.79 Å². The van der Waals surface area contributed by atoms with Gasteiger partial charge >= 0.3 is 5.97 Å². The molecule has 0 aliphatic heterocycles. The highest BCUT2D eigenvalue weighted by molar-refractivity contribution is 5.69. The van der Waals surface area contributed by atoms with Crippen molar-refractivity contribution in [3.05, 3.63) is 48.3 Å². The molecule has 1 unspecified atom stereocenters. The predicted molar refractivity (Wildman–Crippen MR) is 67.6 cm³/mol. The summed E-state index contributed by atoms with van der Waals surface area (Å²) >= 11 is 0. The maximum atomic E-state index is 10.5. The highest BCUT2D eigenvalue weighted by atomic mass is 16.4. The normalized spacial score (nSPS) is 12.3. The van der Waals surface area contributed by atoms with Crippen molar-refractivity contribution in [2.24, 2.45) is 0 Å². The zero-order chi connectivity index (χ0) is 13.0. The number of carboxylic acids is 1. The van der Waals surface area contributed by atoms with E-state index < -0.39 is 5.97 Å². The Morgan fingerprint density at radius 3 is 2.83 bits per heavy atom. The minimum absolute atomic E-state index is 0.0430. The first-order chi connectivity index (χ1) is 8.66. The van der Waals surface area contributed by atoms with E-state index in [9.17, 15) is 4.79 Å². The number of hydrogen-bond acceptors (Lipinski definition) is 3.